The number of fused-ring (bicyclic) bond motifs is 1. The van der Waals surface area contributed by atoms with Gasteiger partial charge < -0.3 is 40.5 Å². The first-order valence-electron chi connectivity index (χ1n) is 12.1. The van der Waals surface area contributed by atoms with Crippen LogP contribution in [0, 0.1) is 6.92 Å². The maximum absolute atomic E-state index is 13.4. The van der Waals surface area contributed by atoms with Crippen LogP contribution in [0.3, 0.4) is 0 Å². The second kappa shape index (κ2) is 9.88. The molecule has 208 valence electrons. The lowest BCUT2D eigenvalue weighted by Crippen LogP contribution is -2.28. The normalized spacial score (nSPS) is 13.7. The lowest BCUT2D eigenvalue weighted by atomic mass is 9.89. The van der Waals surface area contributed by atoms with Crippen molar-refractivity contribution in [3.63, 3.8) is 0 Å². The minimum absolute atomic E-state index is 0.0624. The van der Waals surface area contributed by atoms with E-state index in [2.05, 4.69) is 0 Å². The third kappa shape index (κ3) is 4.75. The number of rotatable bonds is 6. The summed E-state index contributed by atoms with van der Waals surface area (Å²) in [5.41, 5.74) is -1.86. The van der Waals surface area contributed by atoms with Gasteiger partial charge in [-0.2, -0.15) is 0 Å². The molecule has 1 aliphatic rings. The number of ether oxygens (including phenoxy) is 1. The van der Waals surface area contributed by atoms with Gasteiger partial charge in [-0.05, 0) is 63.6 Å². The Morgan fingerprint density at radius 2 is 1.48 bits per heavy atom. The van der Waals surface area contributed by atoms with E-state index in [1.54, 1.807) is 19.9 Å². The van der Waals surface area contributed by atoms with Gasteiger partial charge in [-0.3, -0.25) is 9.59 Å². The first-order chi connectivity index (χ1) is 18.6. The van der Waals surface area contributed by atoms with Crippen molar-refractivity contribution in [3.8, 4) is 46.0 Å². The highest BCUT2D eigenvalue weighted by molar-refractivity contribution is 6.12. The van der Waals surface area contributed by atoms with Crippen molar-refractivity contribution < 1.29 is 50.1 Å². The molecule has 4 rings (SSSR count). The number of Topliss-reactive ketones (excluding diaryl/α,β-unsaturated/α-hetero) is 1. The van der Waals surface area contributed by atoms with E-state index in [9.17, 15) is 45.3 Å². The van der Waals surface area contributed by atoms with Gasteiger partial charge in [0.05, 0.1) is 5.56 Å². The molecule has 10 nitrogen and oxygen atoms in total. The molecule has 0 spiro atoms. The molecule has 1 aliphatic heterocycles. The van der Waals surface area contributed by atoms with Gasteiger partial charge in [0.25, 0.3) is 0 Å². The summed E-state index contributed by atoms with van der Waals surface area (Å²) in [5, 5.41) is 73.5. The maximum Gasteiger partial charge on any atom is 0.193 e. The fourth-order valence-corrected chi connectivity index (χ4v) is 4.49. The van der Waals surface area contributed by atoms with Gasteiger partial charge in [0.15, 0.2) is 23.1 Å². The second-order valence-electron chi connectivity index (χ2n) is 10.0. The second-order valence-corrected chi connectivity index (χ2v) is 10.0. The van der Waals surface area contributed by atoms with Crippen molar-refractivity contribution in [2.24, 2.45) is 0 Å². The summed E-state index contributed by atoms with van der Waals surface area (Å²) in [7, 11) is 0. The minimum Gasteiger partial charge on any atom is -0.507 e. The van der Waals surface area contributed by atoms with Crippen LogP contribution in [0.1, 0.15) is 69.3 Å². The molecule has 0 fully saturated rings. The molecular formula is C30H28O10. The lowest BCUT2D eigenvalue weighted by Gasteiger charge is -2.30. The summed E-state index contributed by atoms with van der Waals surface area (Å²) < 4.78 is 5.95. The van der Waals surface area contributed by atoms with Gasteiger partial charge in [0, 0.05) is 23.1 Å². The fourth-order valence-electron chi connectivity index (χ4n) is 4.49. The predicted octanol–water partition coefficient (Wildman–Crippen LogP) is 4.81. The van der Waals surface area contributed by atoms with Crippen molar-refractivity contribution in [3.05, 3.63) is 69.3 Å². The Hall–Kier alpha value is -5.12. The third-order valence-electron chi connectivity index (χ3n) is 6.69. The number of ketones is 2. The largest absolute Gasteiger partial charge is 0.507 e. The summed E-state index contributed by atoms with van der Waals surface area (Å²) in [4.78, 5) is 25.6. The lowest BCUT2D eigenvalue weighted by molar-refractivity contribution is 0.100. The van der Waals surface area contributed by atoms with E-state index in [0.717, 1.165) is 13.0 Å². The molecule has 0 amide bonds. The van der Waals surface area contributed by atoms with E-state index in [-0.39, 0.29) is 39.3 Å². The SMILES string of the molecule is CC(=O)c1c(O)c(C)c(O)c(Cc2c(O)c3c(c(C(=O)C=Cc4ccc(O)c(O)c4)c2O)OC(C)(C)C=C3)c1O. The third-order valence-corrected chi connectivity index (χ3v) is 6.69. The quantitative estimate of drug-likeness (QED) is 0.128. The summed E-state index contributed by atoms with van der Waals surface area (Å²) in [5.74, 6) is -5.36. The fraction of sp³-hybridized carbons (Fsp3) is 0.200. The van der Waals surface area contributed by atoms with Gasteiger partial charge >= 0.3 is 0 Å². The Morgan fingerprint density at radius 1 is 0.850 bits per heavy atom. The zero-order valence-corrected chi connectivity index (χ0v) is 22.1. The standard InChI is InChI=1S/C30H28O10/c1-13-24(35)17(27(38)22(14(2)31)25(13)36)12-18-26(37)16-9-10-30(3,4)40-29(16)23(28(18)39)20(33)8-6-15-5-7-19(32)21(34)11-15/h5-11,32,34-39H,12H2,1-4H3. The van der Waals surface area contributed by atoms with Crippen LogP contribution in [-0.4, -0.2) is 52.9 Å². The molecule has 40 heavy (non-hydrogen) atoms. The van der Waals surface area contributed by atoms with Crippen molar-refractivity contribution in [2.45, 2.75) is 39.7 Å². The van der Waals surface area contributed by atoms with E-state index in [1.807, 2.05) is 0 Å². The number of allylic oxidation sites excluding steroid dienone is 1. The molecule has 0 saturated heterocycles. The van der Waals surface area contributed by atoms with Gasteiger partial charge in [0.1, 0.15) is 51.2 Å². The average Bonchev–Trinajstić information content (AvgIpc) is 2.87. The molecule has 0 saturated carbocycles. The number of carbonyl (C=O) groups is 2. The molecule has 1 heterocycles. The van der Waals surface area contributed by atoms with E-state index < -0.39 is 63.6 Å². The highest BCUT2D eigenvalue weighted by atomic mass is 16.5. The van der Waals surface area contributed by atoms with Gasteiger partial charge in [-0.15, -0.1) is 0 Å². The van der Waals surface area contributed by atoms with Crippen molar-refractivity contribution in [2.75, 3.05) is 0 Å². The van der Waals surface area contributed by atoms with Crippen molar-refractivity contribution in [1.82, 2.24) is 0 Å². The Bertz CT molecular complexity index is 1640. The van der Waals surface area contributed by atoms with Crippen LogP contribution in [-0.2, 0) is 6.42 Å². The summed E-state index contributed by atoms with van der Waals surface area (Å²) >= 11 is 0. The number of phenols is 7. The molecule has 0 aliphatic carbocycles. The van der Waals surface area contributed by atoms with Gasteiger partial charge in [-0.1, -0.05) is 12.1 Å². The highest BCUT2D eigenvalue weighted by Crippen LogP contribution is 2.50. The predicted molar refractivity (Wildman–Crippen MR) is 146 cm³/mol. The van der Waals surface area contributed by atoms with E-state index >= 15 is 0 Å². The zero-order valence-electron chi connectivity index (χ0n) is 22.1. The average molecular weight is 549 g/mol. The molecule has 0 bridgehead atoms. The Balaban J connectivity index is 1.92. The van der Waals surface area contributed by atoms with Gasteiger partial charge in [-0.25, -0.2) is 0 Å². The van der Waals surface area contributed by atoms with Crippen molar-refractivity contribution >= 4 is 23.7 Å². The molecular weight excluding hydrogens is 520 g/mol. The van der Waals surface area contributed by atoms with E-state index in [1.165, 1.54) is 37.3 Å². The number of phenolic OH excluding ortho intramolecular Hbond substituents is 7. The maximum atomic E-state index is 13.4. The number of hydrogen-bond donors (Lipinski definition) is 7. The van der Waals surface area contributed by atoms with Gasteiger partial charge in [0.2, 0.25) is 0 Å². The molecule has 10 heteroatoms. The molecule has 0 radical (unpaired) electrons. The minimum atomic E-state index is -0.907. The first-order valence-corrected chi connectivity index (χ1v) is 12.1. The number of carbonyl (C=O) groups excluding carboxylic acids is 2. The molecule has 3 aromatic carbocycles. The highest BCUT2D eigenvalue weighted by Gasteiger charge is 2.34. The Labute approximate surface area is 229 Å². The summed E-state index contributed by atoms with van der Waals surface area (Å²) in [6.07, 6.45) is 5.05. The van der Waals surface area contributed by atoms with Crippen LogP contribution in [0.4, 0.5) is 0 Å². The van der Waals surface area contributed by atoms with E-state index in [0.29, 0.717) is 5.56 Å². The van der Waals surface area contributed by atoms with Crippen LogP contribution in [0.25, 0.3) is 12.2 Å². The van der Waals surface area contributed by atoms with Crippen LogP contribution < -0.4 is 4.74 Å². The Morgan fingerprint density at radius 3 is 2.10 bits per heavy atom. The van der Waals surface area contributed by atoms with Crippen LogP contribution in [0.15, 0.2) is 30.4 Å². The smallest absolute Gasteiger partial charge is 0.193 e. The molecule has 3 aromatic rings. The zero-order chi connectivity index (χ0) is 29.7. The number of aromatic hydroxyl groups is 7. The summed E-state index contributed by atoms with van der Waals surface area (Å²) in [6.45, 7) is 5.85. The van der Waals surface area contributed by atoms with Crippen LogP contribution in [0.2, 0.25) is 0 Å². The number of hydrogen-bond acceptors (Lipinski definition) is 10. The number of benzene rings is 3. The monoisotopic (exact) mass is 548 g/mol. The molecule has 0 unspecified atom stereocenters. The molecule has 0 aromatic heterocycles. The van der Waals surface area contributed by atoms with Crippen LogP contribution in [0.5, 0.6) is 46.0 Å². The Kier molecular flexibility index (Phi) is 6.89. The molecule has 7 N–H and O–H groups in total. The van der Waals surface area contributed by atoms with Crippen LogP contribution >= 0.6 is 0 Å². The van der Waals surface area contributed by atoms with E-state index in [4.69, 9.17) is 4.74 Å². The first kappa shape index (κ1) is 27.9. The molecule has 0 atom stereocenters. The summed E-state index contributed by atoms with van der Waals surface area (Å²) in [6, 6.07) is 3.91. The van der Waals surface area contributed by atoms with Crippen molar-refractivity contribution in [1.29, 1.82) is 0 Å². The topological polar surface area (TPSA) is 185 Å².